The van der Waals surface area contributed by atoms with Crippen molar-refractivity contribution in [3.05, 3.63) is 47.3 Å². The largest absolute Gasteiger partial charge is 0.461 e. The second kappa shape index (κ2) is 6.01. The standard InChI is InChI=1S/C14H15N3O3/c1-3-20-13(19)11-9(2)15-14(16-11)17-12(18)10-7-5-4-6-8-10/h4-8H,3H2,1-2H3,(H2,15,16,17,18). The predicted octanol–water partition coefficient (Wildman–Crippen LogP) is 2.15. The summed E-state index contributed by atoms with van der Waals surface area (Å²) in [5, 5.41) is 2.60. The van der Waals surface area contributed by atoms with Gasteiger partial charge in [-0.3, -0.25) is 10.1 Å². The zero-order valence-corrected chi connectivity index (χ0v) is 11.3. The van der Waals surface area contributed by atoms with Gasteiger partial charge in [-0.05, 0) is 26.0 Å². The Kier molecular flexibility index (Phi) is 4.14. The third-order valence-electron chi connectivity index (χ3n) is 2.62. The number of H-pyrrole nitrogens is 1. The predicted molar refractivity (Wildman–Crippen MR) is 73.7 cm³/mol. The molecule has 20 heavy (non-hydrogen) atoms. The molecule has 104 valence electrons. The lowest BCUT2D eigenvalue weighted by Crippen LogP contribution is -2.13. The molecule has 0 bridgehead atoms. The molecular formula is C14H15N3O3. The van der Waals surface area contributed by atoms with E-state index in [4.69, 9.17) is 4.74 Å². The van der Waals surface area contributed by atoms with E-state index in [1.807, 2.05) is 6.07 Å². The lowest BCUT2D eigenvalue weighted by atomic mass is 10.2. The van der Waals surface area contributed by atoms with E-state index in [2.05, 4.69) is 15.3 Å². The summed E-state index contributed by atoms with van der Waals surface area (Å²) in [5.41, 5.74) is 1.24. The Morgan fingerprint density at radius 3 is 2.65 bits per heavy atom. The molecule has 1 aromatic carbocycles. The van der Waals surface area contributed by atoms with Crippen molar-refractivity contribution >= 4 is 17.8 Å². The van der Waals surface area contributed by atoms with Gasteiger partial charge in [-0.25, -0.2) is 9.78 Å². The number of aromatic nitrogens is 2. The van der Waals surface area contributed by atoms with Crippen molar-refractivity contribution in [3.63, 3.8) is 0 Å². The monoisotopic (exact) mass is 273 g/mol. The Morgan fingerprint density at radius 1 is 1.30 bits per heavy atom. The molecule has 2 aromatic rings. The number of benzene rings is 1. The third kappa shape index (κ3) is 3.03. The number of ether oxygens (including phenoxy) is 1. The minimum Gasteiger partial charge on any atom is -0.461 e. The molecule has 0 radical (unpaired) electrons. The minimum atomic E-state index is -0.513. The maximum atomic E-state index is 11.9. The summed E-state index contributed by atoms with van der Waals surface area (Å²) in [6.45, 7) is 3.69. The van der Waals surface area contributed by atoms with Crippen LogP contribution in [0.1, 0.15) is 33.5 Å². The van der Waals surface area contributed by atoms with Gasteiger partial charge in [0.05, 0.1) is 6.61 Å². The van der Waals surface area contributed by atoms with E-state index in [0.29, 0.717) is 11.3 Å². The number of amides is 1. The fraction of sp³-hybridized carbons (Fsp3) is 0.214. The Labute approximate surface area is 116 Å². The van der Waals surface area contributed by atoms with Crippen molar-refractivity contribution in [1.29, 1.82) is 0 Å². The molecular weight excluding hydrogens is 258 g/mol. The van der Waals surface area contributed by atoms with E-state index in [0.717, 1.165) is 0 Å². The summed E-state index contributed by atoms with van der Waals surface area (Å²) < 4.78 is 4.88. The van der Waals surface area contributed by atoms with Crippen LogP contribution in [0.5, 0.6) is 0 Å². The van der Waals surface area contributed by atoms with Crippen molar-refractivity contribution in [2.24, 2.45) is 0 Å². The zero-order chi connectivity index (χ0) is 14.5. The van der Waals surface area contributed by atoms with Crippen molar-refractivity contribution in [1.82, 2.24) is 9.97 Å². The number of esters is 1. The van der Waals surface area contributed by atoms with Crippen molar-refractivity contribution in [3.8, 4) is 0 Å². The number of nitrogens with zero attached hydrogens (tertiary/aromatic N) is 1. The maximum absolute atomic E-state index is 11.9. The van der Waals surface area contributed by atoms with Gasteiger partial charge in [0.1, 0.15) is 0 Å². The number of hydrogen-bond acceptors (Lipinski definition) is 4. The summed E-state index contributed by atoms with van der Waals surface area (Å²) >= 11 is 0. The highest BCUT2D eigenvalue weighted by Gasteiger charge is 2.17. The van der Waals surface area contributed by atoms with Crippen molar-refractivity contribution in [2.45, 2.75) is 13.8 Å². The Balaban J connectivity index is 2.13. The number of hydrogen-bond donors (Lipinski definition) is 2. The number of carbonyl (C=O) groups is 2. The Hall–Kier alpha value is -2.63. The lowest BCUT2D eigenvalue weighted by molar-refractivity contribution is 0.0519. The SMILES string of the molecule is CCOC(=O)c1nc(NC(=O)c2ccccc2)[nH]c1C. The fourth-order valence-corrected chi connectivity index (χ4v) is 1.69. The molecule has 1 amide bonds. The van der Waals surface area contributed by atoms with Crippen LogP contribution in [-0.2, 0) is 4.74 Å². The Bertz CT molecular complexity index is 620. The summed E-state index contributed by atoms with van der Waals surface area (Å²) in [5.74, 6) is -0.587. The highest BCUT2D eigenvalue weighted by molar-refractivity contribution is 6.03. The smallest absolute Gasteiger partial charge is 0.358 e. The highest BCUT2D eigenvalue weighted by atomic mass is 16.5. The van der Waals surface area contributed by atoms with Gasteiger partial charge in [-0.15, -0.1) is 0 Å². The van der Waals surface area contributed by atoms with Gasteiger partial charge in [0.25, 0.3) is 5.91 Å². The molecule has 0 saturated heterocycles. The maximum Gasteiger partial charge on any atom is 0.358 e. The summed E-state index contributed by atoms with van der Waals surface area (Å²) in [6, 6.07) is 8.75. The van der Waals surface area contributed by atoms with Crippen LogP contribution in [0, 0.1) is 6.92 Å². The van der Waals surface area contributed by atoms with Crippen molar-refractivity contribution < 1.29 is 14.3 Å². The van der Waals surface area contributed by atoms with E-state index in [1.54, 1.807) is 38.1 Å². The molecule has 6 nitrogen and oxygen atoms in total. The number of aryl methyl sites for hydroxylation is 1. The second-order valence-corrected chi connectivity index (χ2v) is 4.10. The van der Waals surface area contributed by atoms with E-state index >= 15 is 0 Å². The summed E-state index contributed by atoms with van der Waals surface area (Å²) in [6.07, 6.45) is 0. The first-order valence-corrected chi connectivity index (χ1v) is 6.22. The first-order chi connectivity index (χ1) is 9.61. The number of rotatable bonds is 4. The summed E-state index contributed by atoms with van der Waals surface area (Å²) in [7, 11) is 0. The van der Waals surface area contributed by atoms with Crippen LogP contribution < -0.4 is 5.32 Å². The van der Waals surface area contributed by atoms with E-state index in [9.17, 15) is 9.59 Å². The quantitative estimate of drug-likeness (QED) is 0.836. The lowest BCUT2D eigenvalue weighted by Gasteiger charge is -2.01. The third-order valence-corrected chi connectivity index (χ3v) is 2.62. The molecule has 0 aliphatic heterocycles. The molecule has 1 heterocycles. The van der Waals surface area contributed by atoms with E-state index in [1.165, 1.54) is 0 Å². The van der Waals surface area contributed by atoms with Crippen LogP contribution in [0.4, 0.5) is 5.95 Å². The van der Waals surface area contributed by atoms with Gasteiger partial charge in [-0.1, -0.05) is 18.2 Å². The average Bonchev–Trinajstić information content (AvgIpc) is 2.81. The average molecular weight is 273 g/mol. The molecule has 0 atom stereocenters. The van der Waals surface area contributed by atoms with Crippen molar-refractivity contribution in [2.75, 3.05) is 11.9 Å². The van der Waals surface area contributed by atoms with E-state index < -0.39 is 5.97 Å². The van der Waals surface area contributed by atoms with Gasteiger partial charge in [-0.2, -0.15) is 0 Å². The zero-order valence-electron chi connectivity index (χ0n) is 11.3. The van der Waals surface area contributed by atoms with Gasteiger partial charge in [0.15, 0.2) is 5.69 Å². The molecule has 0 aliphatic carbocycles. The van der Waals surface area contributed by atoms with Crippen LogP contribution in [-0.4, -0.2) is 28.5 Å². The van der Waals surface area contributed by atoms with Crippen LogP contribution in [0.3, 0.4) is 0 Å². The number of anilines is 1. The molecule has 2 rings (SSSR count). The molecule has 0 aliphatic rings. The fourth-order valence-electron chi connectivity index (χ4n) is 1.69. The molecule has 2 N–H and O–H groups in total. The first kappa shape index (κ1) is 13.8. The normalized spacial score (nSPS) is 10.1. The first-order valence-electron chi connectivity index (χ1n) is 6.22. The van der Waals surface area contributed by atoms with Gasteiger partial charge >= 0.3 is 5.97 Å². The van der Waals surface area contributed by atoms with Crippen LogP contribution in [0.2, 0.25) is 0 Å². The number of aromatic amines is 1. The van der Waals surface area contributed by atoms with E-state index in [-0.39, 0.29) is 24.2 Å². The van der Waals surface area contributed by atoms with Crippen LogP contribution in [0.25, 0.3) is 0 Å². The van der Waals surface area contributed by atoms with Crippen LogP contribution in [0.15, 0.2) is 30.3 Å². The topological polar surface area (TPSA) is 84.1 Å². The number of nitrogens with one attached hydrogen (secondary N) is 2. The van der Waals surface area contributed by atoms with Gasteiger partial charge in [0, 0.05) is 11.3 Å². The van der Waals surface area contributed by atoms with Gasteiger partial charge in [0.2, 0.25) is 5.95 Å². The molecule has 0 saturated carbocycles. The minimum absolute atomic E-state index is 0.176. The molecule has 6 heteroatoms. The highest BCUT2D eigenvalue weighted by Crippen LogP contribution is 2.11. The summed E-state index contributed by atoms with van der Waals surface area (Å²) in [4.78, 5) is 30.4. The van der Waals surface area contributed by atoms with Gasteiger partial charge < -0.3 is 9.72 Å². The number of imidazole rings is 1. The molecule has 0 spiro atoms. The second-order valence-electron chi connectivity index (χ2n) is 4.10. The number of carbonyl (C=O) groups excluding carboxylic acids is 2. The van der Waals surface area contributed by atoms with Crippen LogP contribution >= 0.6 is 0 Å². The molecule has 1 aromatic heterocycles. The molecule has 0 unspecified atom stereocenters. The Morgan fingerprint density at radius 2 is 2.00 bits per heavy atom. The molecule has 0 fully saturated rings.